The molecule has 0 bridgehead atoms. The summed E-state index contributed by atoms with van der Waals surface area (Å²) >= 11 is 1.87. The average Bonchev–Trinajstić information content (AvgIpc) is 3.61. The number of nitrogens with zero attached hydrogens (tertiary/aromatic N) is 1. The van der Waals surface area contributed by atoms with E-state index >= 15 is 0 Å². The molecular formula is C50H33NS. The van der Waals surface area contributed by atoms with E-state index in [1.54, 1.807) is 0 Å². The Labute approximate surface area is 307 Å². The maximum absolute atomic E-state index is 2.46. The molecule has 0 saturated heterocycles. The van der Waals surface area contributed by atoms with Crippen LogP contribution in [-0.4, -0.2) is 0 Å². The molecule has 1 heterocycles. The Morgan fingerprint density at radius 2 is 0.942 bits per heavy atom. The maximum atomic E-state index is 2.46. The number of rotatable bonds is 6. The Morgan fingerprint density at radius 1 is 0.327 bits per heavy atom. The Bertz CT molecular complexity index is 2890. The molecule has 0 fully saturated rings. The lowest BCUT2D eigenvalue weighted by Gasteiger charge is -2.28. The van der Waals surface area contributed by atoms with Crippen LogP contribution in [0.5, 0.6) is 0 Å². The summed E-state index contributed by atoms with van der Waals surface area (Å²) in [7, 11) is 0. The van der Waals surface area contributed by atoms with Crippen LogP contribution in [0.4, 0.5) is 17.1 Å². The molecule has 2 heteroatoms. The molecule has 10 aromatic rings. The number of fused-ring (bicyclic) bond motifs is 5. The average molecular weight is 680 g/mol. The molecule has 0 aliphatic rings. The van der Waals surface area contributed by atoms with Crippen molar-refractivity contribution < 1.29 is 0 Å². The summed E-state index contributed by atoms with van der Waals surface area (Å²) in [6.07, 6.45) is 0. The molecule has 0 aliphatic heterocycles. The lowest BCUT2D eigenvalue weighted by molar-refractivity contribution is 1.32. The number of benzene rings is 9. The van der Waals surface area contributed by atoms with E-state index in [9.17, 15) is 0 Å². The molecule has 52 heavy (non-hydrogen) atoms. The fourth-order valence-electron chi connectivity index (χ4n) is 7.80. The van der Waals surface area contributed by atoms with Crippen molar-refractivity contribution in [3.63, 3.8) is 0 Å². The minimum Gasteiger partial charge on any atom is -0.308 e. The maximum Gasteiger partial charge on any atom is 0.0640 e. The van der Waals surface area contributed by atoms with Gasteiger partial charge in [0.15, 0.2) is 0 Å². The first kappa shape index (κ1) is 30.4. The van der Waals surface area contributed by atoms with E-state index in [2.05, 4.69) is 205 Å². The third-order valence-corrected chi connectivity index (χ3v) is 11.5. The van der Waals surface area contributed by atoms with Gasteiger partial charge in [-0.1, -0.05) is 164 Å². The highest BCUT2D eigenvalue weighted by atomic mass is 32.1. The van der Waals surface area contributed by atoms with Gasteiger partial charge in [-0.25, -0.2) is 0 Å². The van der Waals surface area contributed by atoms with Crippen molar-refractivity contribution in [3.8, 4) is 33.4 Å². The van der Waals surface area contributed by atoms with Gasteiger partial charge in [-0.15, -0.1) is 11.3 Å². The van der Waals surface area contributed by atoms with Crippen molar-refractivity contribution in [2.45, 2.75) is 0 Å². The van der Waals surface area contributed by atoms with Gasteiger partial charge in [0.25, 0.3) is 0 Å². The number of hydrogen-bond donors (Lipinski definition) is 0. The van der Waals surface area contributed by atoms with Crippen LogP contribution in [0.15, 0.2) is 200 Å². The van der Waals surface area contributed by atoms with Gasteiger partial charge < -0.3 is 4.90 Å². The van der Waals surface area contributed by atoms with Gasteiger partial charge in [-0.2, -0.15) is 0 Å². The Hall–Kier alpha value is -6.48. The van der Waals surface area contributed by atoms with Crippen LogP contribution in [0.2, 0.25) is 0 Å². The third-order valence-electron chi connectivity index (χ3n) is 10.3. The smallest absolute Gasteiger partial charge is 0.0640 e. The molecule has 9 aromatic carbocycles. The molecule has 0 spiro atoms. The fraction of sp³-hybridized carbons (Fsp3) is 0. The van der Waals surface area contributed by atoms with Gasteiger partial charge in [0.1, 0.15) is 0 Å². The van der Waals surface area contributed by atoms with Gasteiger partial charge in [0.2, 0.25) is 0 Å². The summed E-state index contributed by atoms with van der Waals surface area (Å²) in [4.78, 5) is 2.46. The fourth-order valence-corrected chi connectivity index (χ4v) is 9.01. The minimum atomic E-state index is 1.12. The monoisotopic (exact) mass is 679 g/mol. The zero-order chi connectivity index (χ0) is 34.4. The van der Waals surface area contributed by atoms with Crippen LogP contribution in [-0.2, 0) is 0 Å². The standard InChI is InChI=1S/C50H33NS/c1-3-13-35(14-4-1)40-21-11-17-38-33-37(27-30-42(38)40)34-25-28-39(29-26-34)51(48-23-12-22-46-45-20-9-10-24-49(45)52-50(46)48)47-32-31-41(36-15-5-2-6-16-36)43-18-7-8-19-44(43)47/h1-33H. The molecular weight excluding hydrogens is 647 g/mol. The Morgan fingerprint density at radius 3 is 1.71 bits per heavy atom. The first-order valence-corrected chi connectivity index (χ1v) is 18.6. The van der Waals surface area contributed by atoms with E-state index in [1.165, 1.54) is 80.8 Å². The van der Waals surface area contributed by atoms with Crippen molar-refractivity contribution in [1.82, 2.24) is 0 Å². The van der Waals surface area contributed by atoms with Gasteiger partial charge in [-0.05, 0) is 85.9 Å². The molecule has 0 amide bonds. The molecule has 0 radical (unpaired) electrons. The predicted molar refractivity (Wildman–Crippen MR) is 225 cm³/mol. The van der Waals surface area contributed by atoms with E-state index < -0.39 is 0 Å². The molecule has 244 valence electrons. The molecule has 1 nitrogen and oxygen atoms in total. The molecule has 10 rings (SSSR count). The SMILES string of the molecule is c1ccc(-c2cccc3cc(-c4ccc(N(c5ccc(-c6ccccc6)c6ccccc56)c5cccc6c5sc5ccccc56)cc4)ccc23)cc1. The summed E-state index contributed by atoms with van der Waals surface area (Å²) in [5.41, 5.74) is 10.8. The Kier molecular flexibility index (Phi) is 7.41. The van der Waals surface area contributed by atoms with Crippen LogP contribution in [0.3, 0.4) is 0 Å². The zero-order valence-corrected chi connectivity index (χ0v) is 29.2. The number of thiophene rings is 1. The predicted octanol–water partition coefficient (Wildman–Crippen LogP) is 14.8. The van der Waals surface area contributed by atoms with Crippen molar-refractivity contribution in [3.05, 3.63) is 200 Å². The molecule has 0 aliphatic carbocycles. The third kappa shape index (κ3) is 5.16. The normalized spacial score (nSPS) is 11.5. The van der Waals surface area contributed by atoms with Crippen LogP contribution < -0.4 is 4.90 Å². The lowest BCUT2D eigenvalue weighted by Crippen LogP contribution is -2.10. The number of anilines is 3. The second-order valence-corrected chi connectivity index (χ2v) is 14.3. The quantitative estimate of drug-likeness (QED) is 0.169. The van der Waals surface area contributed by atoms with Gasteiger partial charge in [-0.3, -0.25) is 0 Å². The van der Waals surface area contributed by atoms with E-state index in [0.717, 1.165) is 11.4 Å². The van der Waals surface area contributed by atoms with E-state index in [-0.39, 0.29) is 0 Å². The van der Waals surface area contributed by atoms with Crippen LogP contribution >= 0.6 is 11.3 Å². The van der Waals surface area contributed by atoms with Crippen molar-refractivity contribution in [2.24, 2.45) is 0 Å². The lowest BCUT2D eigenvalue weighted by atomic mass is 9.95. The van der Waals surface area contributed by atoms with E-state index in [0.29, 0.717) is 0 Å². The molecule has 1 aromatic heterocycles. The van der Waals surface area contributed by atoms with Crippen LogP contribution in [0.1, 0.15) is 0 Å². The van der Waals surface area contributed by atoms with Crippen molar-refractivity contribution in [1.29, 1.82) is 0 Å². The molecule has 0 atom stereocenters. The van der Waals surface area contributed by atoms with Crippen LogP contribution in [0, 0.1) is 0 Å². The van der Waals surface area contributed by atoms with E-state index in [4.69, 9.17) is 0 Å². The first-order valence-electron chi connectivity index (χ1n) is 17.8. The van der Waals surface area contributed by atoms with Gasteiger partial charge >= 0.3 is 0 Å². The zero-order valence-electron chi connectivity index (χ0n) is 28.4. The van der Waals surface area contributed by atoms with Crippen LogP contribution in [0.25, 0.3) is 75.1 Å². The summed E-state index contributed by atoms with van der Waals surface area (Å²) in [5, 5.41) is 7.55. The minimum absolute atomic E-state index is 1.12. The highest BCUT2D eigenvalue weighted by molar-refractivity contribution is 7.26. The second kappa shape index (κ2) is 12.7. The van der Waals surface area contributed by atoms with E-state index in [1.807, 2.05) is 11.3 Å². The summed E-state index contributed by atoms with van der Waals surface area (Å²) in [5.74, 6) is 0. The largest absolute Gasteiger partial charge is 0.308 e. The summed E-state index contributed by atoms with van der Waals surface area (Å²) in [6.45, 7) is 0. The first-order chi connectivity index (χ1) is 25.8. The molecule has 0 N–H and O–H groups in total. The van der Waals surface area contributed by atoms with Crippen molar-refractivity contribution in [2.75, 3.05) is 4.90 Å². The summed E-state index contributed by atoms with van der Waals surface area (Å²) in [6, 6.07) is 72.9. The van der Waals surface area contributed by atoms with Gasteiger partial charge in [0.05, 0.1) is 16.1 Å². The highest BCUT2D eigenvalue weighted by Gasteiger charge is 2.21. The van der Waals surface area contributed by atoms with Crippen molar-refractivity contribution >= 4 is 70.1 Å². The number of hydrogen-bond acceptors (Lipinski definition) is 2. The summed E-state index contributed by atoms with van der Waals surface area (Å²) < 4.78 is 2.59. The highest BCUT2D eigenvalue weighted by Crippen LogP contribution is 2.47. The second-order valence-electron chi connectivity index (χ2n) is 13.3. The topological polar surface area (TPSA) is 3.24 Å². The molecule has 0 saturated carbocycles. The van der Waals surface area contributed by atoms with Gasteiger partial charge in [0, 0.05) is 26.5 Å². The molecule has 0 unspecified atom stereocenters. The Balaban J connectivity index is 1.13.